The van der Waals surface area contributed by atoms with Crippen molar-refractivity contribution in [1.82, 2.24) is 5.32 Å². The molecule has 0 bridgehead atoms. The standard InChI is InChI=1S/C10H16ClNS/c1-7(2)4-12-5-9-10(11)8(3)6-13-9/h6-7,12H,4-5H2,1-3H3. The van der Waals surface area contributed by atoms with Crippen molar-refractivity contribution in [2.75, 3.05) is 6.54 Å². The Kier molecular flexibility index (Phi) is 4.23. The minimum Gasteiger partial charge on any atom is -0.312 e. The molecule has 3 heteroatoms. The zero-order valence-corrected chi connectivity index (χ0v) is 9.93. The number of rotatable bonds is 4. The molecule has 0 spiro atoms. The largest absolute Gasteiger partial charge is 0.312 e. The van der Waals surface area contributed by atoms with Gasteiger partial charge in [0.1, 0.15) is 0 Å². The molecule has 1 aromatic rings. The van der Waals surface area contributed by atoms with Gasteiger partial charge in [0, 0.05) is 11.4 Å². The van der Waals surface area contributed by atoms with Crippen molar-refractivity contribution in [2.24, 2.45) is 5.92 Å². The molecule has 13 heavy (non-hydrogen) atoms. The van der Waals surface area contributed by atoms with Gasteiger partial charge in [-0.2, -0.15) is 0 Å². The van der Waals surface area contributed by atoms with Crippen LogP contribution >= 0.6 is 22.9 Å². The van der Waals surface area contributed by atoms with Crippen LogP contribution in [-0.4, -0.2) is 6.54 Å². The third-order valence-electron chi connectivity index (χ3n) is 1.81. The van der Waals surface area contributed by atoms with Gasteiger partial charge in [0.25, 0.3) is 0 Å². The second-order valence-corrected chi connectivity index (χ2v) is 5.02. The molecule has 1 rings (SSSR count). The molecule has 0 atom stereocenters. The Bertz CT molecular complexity index is 268. The van der Waals surface area contributed by atoms with Crippen LogP contribution in [0, 0.1) is 12.8 Å². The van der Waals surface area contributed by atoms with Gasteiger partial charge in [0.15, 0.2) is 0 Å². The van der Waals surface area contributed by atoms with Gasteiger partial charge in [-0.15, -0.1) is 11.3 Å². The summed E-state index contributed by atoms with van der Waals surface area (Å²) in [5.74, 6) is 0.694. The Balaban J connectivity index is 2.41. The summed E-state index contributed by atoms with van der Waals surface area (Å²) in [6.45, 7) is 8.40. The van der Waals surface area contributed by atoms with Crippen LogP contribution in [0.25, 0.3) is 0 Å². The van der Waals surface area contributed by atoms with E-state index in [1.807, 2.05) is 6.92 Å². The summed E-state index contributed by atoms with van der Waals surface area (Å²) < 4.78 is 0. The molecule has 0 aliphatic heterocycles. The zero-order chi connectivity index (χ0) is 9.84. The molecule has 0 saturated carbocycles. The Labute approximate surface area is 89.1 Å². The molecule has 1 nitrogen and oxygen atoms in total. The summed E-state index contributed by atoms with van der Waals surface area (Å²) in [5.41, 5.74) is 1.19. The molecule has 0 amide bonds. The zero-order valence-electron chi connectivity index (χ0n) is 8.36. The highest BCUT2D eigenvalue weighted by molar-refractivity contribution is 7.10. The van der Waals surface area contributed by atoms with Crippen molar-refractivity contribution in [1.29, 1.82) is 0 Å². The van der Waals surface area contributed by atoms with Crippen LogP contribution in [0.4, 0.5) is 0 Å². The Hall–Kier alpha value is -0.0500. The van der Waals surface area contributed by atoms with Crippen LogP contribution in [0.3, 0.4) is 0 Å². The first kappa shape index (κ1) is 11.0. The quantitative estimate of drug-likeness (QED) is 0.815. The minimum absolute atomic E-state index is 0.694. The fourth-order valence-electron chi connectivity index (χ4n) is 1.08. The Morgan fingerprint density at radius 3 is 2.69 bits per heavy atom. The Morgan fingerprint density at radius 2 is 2.23 bits per heavy atom. The molecule has 0 aliphatic carbocycles. The lowest BCUT2D eigenvalue weighted by molar-refractivity contribution is 0.555. The first-order valence-corrected chi connectivity index (χ1v) is 5.80. The smallest absolute Gasteiger partial charge is 0.0587 e. The van der Waals surface area contributed by atoms with Crippen LogP contribution in [0.15, 0.2) is 5.38 Å². The molecular formula is C10H16ClNS. The highest BCUT2D eigenvalue weighted by Crippen LogP contribution is 2.26. The maximum absolute atomic E-state index is 6.09. The first-order valence-electron chi connectivity index (χ1n) is 4.54. The lowest BCUT2D eigenvalue weighted by atomic mass is 10.2. The van der Waals surface area contributed by atoms with E-state index in [4.69, 9.17) is 11.6 Å². The fraction of sp³-hybridized carbons (Fsp3) is 0.600. The van der Waals surface area contributed by atoms with Gasteiger partial charge >= 0.3 is 0 Å². The molecule has 0 radical (unpaired) electrons. The predicted molar refractivity (Wildman–Crippen MR) is 60.6 cm³/mol. The van der Waals surface area contributed by atoms with Crippen molar-refractivity contribution in [2.45, 2.75) is 27.3 Å². The Morgan fingerprint density at radius 1 is 1.54 bits per heavy atom. The normalized spacial score (nSPS) is 11.2. The second-order valence-electron chi connectivity index (χ2n) is 3.68. The summed E-state index contributed by atoms with van der Waals surface area (Å²) >= 11 is 7.83. The number of hydrogen-bond donors (Lipinski definition) is 1. The molecular weight excluding hydrogens is 202 g/mol. The van der Waals surface area contributed by atoms with Crippen LogP contribution in [0.5, 0.6) is 0 Å². The van der Waals surface area contributed by atoms with E-state index in [2.05, 4.69) is 24.5 Å². The topological polar surface area (TPSA) is 12.0 Å². The molecule has 1 aromatic heterocycles. The van der Waals surface area contributed by atoms with Crippen LogP contribution in [0.1, 0.15) is 24.3 Å². The van der Waals surface area contributed by atoms with Gasteiger partial charge in [-0.25, -0.2) is 0 Å². The molecule has 0 aliphatic rings. The lowest BCUT2D eigenvalue weighted by Gasteiger charge is -2.05. The summed E-state index contributed by atoms with van der Waals surface area (Å²) in [4.78, 5) is 1.25. The average molecular weight is 218 g/mol. The number of aryl methyl sites for hydroxylation is 1. The van der Waals surface area contributed by atoms with Gasteiger partial charge < -0.3 is 5.32 Å². The predicted octanol–water partition coefficient (Wildman–Crippen LogP) is 3.46. The van der Waals surface area contributed by atoms with Crippen molar-refractivity contribution in [3.8, 4) is 0 Å². The maximum atomic E-state index is 6.09. The highest BCUT2D eigenvalue weighted by Gasteiger charge is 2.05. The van der Waals surface area contributed by atoms with Gasteiger partial charge in [-0.3, -0.25) is 0 Å². The summed E-state index contributed by atoms with van der Waals surface area (Å²) in [6.07, 6.45) is 0. The van der Waals surface area contributed by atoms with E-state index >= 15 is 0 Å². The van der Waals surface area contributed by atoms with Gasteiger partial charge in [0.05, 0.1) is 5.02 Å². The lowest BCUT2D eigenvalue weighted by Crippen LogP contribution is -2.18. The van der Waals surface area contributed by atoms with E-state index in [0.717, 1.165) is 18.1 Å². The monoisotopic (exact) mass is 217 g/mol. The van der Waals surface area contributed by atoms with Crippen LogP contribution < -0.4 is 5.32 Å². The number of hydrogen-bond acceptors (Lipinski definition) is 2. The van der Waals surface area contributed by atoms with E-state index in [9.17, 15) is 0 Å². The van der Waals surface area contributed by atoms with Crippen molar-refractivity contribution >= 4 is 22.9 Å². The van der Waals surface area contributed by atoms with E-state index in [0.29, 0.717) is 5.92 Å². The molecule has 74 valence electrons. The third-order valence-corrected chi connectivity index (χ3v) is 3.55. The van der Waals surface area contributed by atoms with Crippen LogP contribution in [0.2, 0.25) is 5.02 Å². The third kappa shape index (κ3) is 3.29. The summed E-state index contributed by atoms with van der Waals surface area (Å²) in [6, 6.07) is 0. The molecule has 1 N–H and O–H groups in total. The van der Waals surface area contributed by atoms with E-state index < -0.39 is 0 Å². The fourth-order valence-corrected chi connectivity index (χ4v) is 2.28. The first-order chi connectivity index (χ1) is 6.11. The molecule has 0 saturated heterocycles. The van der Waals surface area contributed by atoms with Gasteiger partial charge in [0.2, 0.25) is 0 Å². The molecule has 0 fully saturated rings. The number of halogens is 1. The highest BCUT2D eigenvalue weighted by atomic mass is 35.5. The SMILES string of the molecule is Cc1csc(CNCC(C)C)c1Cl. The summed E-state index contributed by atoms with van der Waals surface area (Å²) in [5, 5.41) is 6.42. The van der Waals surface area contributed by atoms with E-state index in [-0.39, 0.29) is 0 Å². The van der Waals surface area contributed by atoms with Gasteiger partial charge in [-0.05, 0) is 30.3 Å². The van der Waals surface area contributed by atoms with E-state index in [1.165, 1.54) is 10.4 Å². The number of nitrogens with one attached hydrogen (secondary N) is 1. The van der Waals surface area contributed by atoms with Crippen LogP contribution in [-0.2, 0) is 6.54 Å². The molecule has 1 heterocycles. The second kappa shape index (κ2) is 4.99. The maximum Gasteiger partial charge on any atom is 0.0587 e. The average Bonchev–Trinajstić information content (AvgIpc) is 2.35. The van der Waals surface area contributed by atoms with Gasteiger partial charge in [-0.1, -0.05) is 25.4 Å². The molecule has 0 aromatic carbocycles. The minimum atomic E-state index is 0.694. The molecule has 0 unspecified atom stereocenters. The van der Waals surface area contributed by atoms with Crippen molar-refractivity contribution in [3.05, 3.63) is 20.8 Å². The van der Waals surface area contributed by atoms with Crippen molar-refractivity contribution < 1.29 is 0 Å². The summed E-state index contributed by atoms with van der Waals surface area (Å²) in [7, 11) is 0. The number of thiophene rings is 1. The van der Waals surface area contributed by atoms with Crippen molar-refractivity contribution in [3.63, 3.8) is 0 Å². The van der Waals surface area contributed by atoms with E-state index in [1.54, 1.807) is 11.3 Å².